The zero-order valence-corrected chi connectivity index (χ0v) is 14.4. The van der Waals surface area contributed by atoms with E-state index in [4.69, 9.17) is 11.6 Å². The van der Waals surface area contributed by atoms with E-state index in [2.05, 4.69) is 48.3 Å². The number of hydrogen-bond acceptors (Lipinski definition) is 2. The van der Waals surface area contributed by atoms with Crippen molar-refractivity contribution in [3.8, 4) is 0 Å². The first kappa shape index (κ1) is 17.5. The average Bonchev–Trinajstić information content (AvgIpc) is 2.58. The van der Waals surface area contributed by atoms with Crippen molar-refractivity contribution in [2.24, 2.45) is 0 Å². The van der Waals surface area contributed by atoms with Crippen LogP contribution < -0.4 is 5.32 Å². The van der Waals surface area contributed by atoms with Crippen molar-refractivity contribution in [2.45, 2.75) is 26.9 Å². The molecule has 0 aliphatic heterocycles. The van der Waals surface area contributed by atoms with Crippen LogP contribution in [0.2, 0.25) is 5.02 Å². The molecule has 4 heteroatoms. The summed E-state index contributed by atoms with van der Waals surface area (Å²) in [5.41, 5.74) is 2.96. The number of carbonyl (C=O) groups is 1. The lowest BCUT2D eigenvalue weighted by molar-refractivity contribution is 0.0951. The third kappa shape index (κ3) is 5.38. The van der Waals surface area contributed by atoms with Gasteiger partial charge in [-0.05, 0) is 42.4 Å². The van der Waals surface area contributed by atoms with Gasteiger partial charge in [-0.1, -0.05) is 55.8 Å². The number of rotatable bonds is 7. The molecule has 0 saturated heterocycles. The molecule has 1 N–H and O–H groups in total. The molecule has 0 atom stereocenters. The standard InChI is InChI=1S/C19H23ClN2O/c1-3-22(4-2)14-16-10-8-15(9-11-16)13-21-19(23)17-6-5-7-18(20)12-17/h5-12H,3-4,13-14H2,1-2H3,(H,21,23). The molecular formula is C19H23ClN2O. The molecule has 0 radical (unpaired) electrons. The van der Waals surface area contributed by atoms with Gasteiger partial charge in [0.05, 0.1) is 0 Å². The fourth-order valence-corrected chi connectivity index (χ4v) is 2.57. The van der Waals surface area contributed by atoms with Gasteiger partial charge >= 0.3 is 0 Å². The molecule has 0 aromatic heterocycles. The van der Waals surface area contributed by atoms with E-state index in [0.29, 0.717) is 17.1 Å². The van der Waals surface area contributed by atoms with Gasteiger partial charge in [0.2, 0.25) is 0 Å². The second-order valence-electron chi connectivity index (χ2n) is 5.47. The summed E-state index contributed by atoms with van der Waals surface area (Å²) in [4.78, 5) is 14.5. The zero-order valence-electron chi connectivity index (χ0n) is 13.7. The van der Waals surface area contributed by atoms with E-state index in [1.807, 2.05) is 0 Å². The van der Waals surface area contributed by atoms with E-state index in [9.17, 15) is 4.79 Å². The third-order valence-corrected chi connectivity index (χ3v) is 4.10. The molecule has 0 heterocycles. The summed E-state index contributed by atoms with van der Waals surface area (Å²) in [5, 5.41) is 3.49. The van der Waals surface area contributed by atoms with Crippen molar-refractivity contribution in [2.75, 3.05) is 13.1 Å². The van der Waals surface area contributed by atoms with Crippen LogP contribution in [0.5, 0.6) is 0 Å². The van der Waals surface area contributed by atoms with E-state index in [-0.39, 0.29) is 5.91 Å². The highest BCUT2D eigenvalue weighted by atomic mass is 35.5. The maximum Gasteiger partial charge on any atom is 0.251 e. The number of nitrogens with one attached hydrogen (secondary N) is 1. The second kappa shape index (κ2) is 8.70. The van der Waals surface area contributed by atoms with Gasteiger partial charge in [-0.25, -0.2) is 0 Å². The Morgan fingerprint density at radius 2 is 1.70 bits per heavy atom. The average molecular weight is 331 g/mol. The SMILES string of the molecule is CCN(CC)Cc1ccc(CNC(=O)c2cccc(Cl)c2)cc1. The Labute approximate surface area is 143 Å². The van der Waals surface area contributed by atoms with Crippen LogP contribution in [0, 0.1) is 0 Å². The Kier molecular flexibility index (Phi) is 6.63. The first-order chi connectivity index (χ1) is 11.1. The minimum Gasteiger partial charge on any atom is -0.348 e. The smallest absolute Gasteiger partial charge is 0.251 e. The quantitative estimate of drug-likeness (QED) is 0.828. The zero-order chi connectivity index (χ0) is 16.7. The summed E-state index contributed by atoms with van der Waals surface area (Å²) in [7, 11) is 0. The normalized spacial score (nSPS) is 10.8. The van der Waals surface area contributed by atoms with E-state index in [1.165, 1.54) is 5.56 Å². The Morgan fingerprint density at radius 3 is 2.30 bits per heavy atom. The van der Waals surface area contributed by atoms with Crippen molar-refractivity contribution >= 4 is 17.5 Å². The number of benzene rings is 2. The van der Waals surface area contributed by atoms with Crippen LogP contribution in [0.1, 0.15) is 35.3 Å². The molecule has 2 aromatic rings. The molecule has 2 aromatic carbocycles. The number of halogens is 1. The molecule has 0 bridgehead atoms. The molecule has 0 saturated carbocycles. The third-order valence-electron chi connectivity index (χ3n) is 3.86. The van der Waals surface area contributed by atoms with Crippen molar-refractivity contribution in [3.05, 3.63) is 70.2 Å². The molecule has 0 fully saturated rings. The minimum absolute atomic E-state index is 0.111. The molecule has 2 rings (SSSR count). The number of hydrogen-bond donors (Lipinski definition) is 1. The lowest BCUT2D eigenvalue weighted by Gasteiger charge is -2.18. The Morgan fingerprint density at radius 1 is 1.04 bits per heavy atom. The Bertz CT molecular complexity index is 636. The molecule has 0 aliphatic carbocycles. The fourth-order valence-electron chi connectivity index (χ4n) is 2.38. The van der Waals surface area contributed by atoms with Crippen molar-refractivity contribution in [3.63, 3.8) is 0 Å². The molecule has 0 aliphatic rings. The number of nitrogens with zero attached hydrogens (tertiary/aromatic N) is 1. The van der Waals surface area contributed by atoms with Crippen molar-refractivity contribution in [1.82, 2.24) is 10.2 Å². The summed E-state index contributed by atoms with van der Waals surface area (Å²) in [6.45, 7) is 7.91. The lowest BCUT2D eigenvalue weighted by atomic mass is 10.1. The van der Waals surface area contributed by atoms with Crippen LogP contribution in [-0.4, -0.2) is 23.9 Å². The summed E-state index contributed by atoms with van der Waals surface area (Å²) in [6, 6.07) is 15.3. The van der Waals surface area contributed by atoms with Gasteiger partial charge in [-0.3, -0.25) is 9.69 Å². The first-order valence-corrected chi connectivity index (χ1v) is 8.34. The number of amides is 1. The molecule has 0 unspecified atom stereocenters. The number of carbonyl (C=O) groups excluding carboxylic acids is 1. The van der Waals surface area contributed by atoms with Crippen LogP contribution in [-0.2, 0) is 13.1 Å². The van der Waals surface area contributed by atoms with Gasteiger partial charge in [0, 0.05) is 23.7 Å². The van der Waals surface area contributed by atoms with Crippen LogP contribution in [0.15, 0.2) is 48.5 Å². The van der Waals surface area contributed by atoms with Gasteiger partial charge in [0.1, 0.15) is 0 Å². The molecule has 23 heavy (non-hydrogen) atoms. The second-order valence-corrected chi connectivity index (χ2v) is 5.91. The van der Waals surface area contributed by atoms with Gasteiger partial charge in [0.25, 0.3) is 5.91 Å². The highest BCUT2D eigenvalue weighted by Crippen LogP contribution is 2.11. The summed E-state index contributed by atoms with van der Waals surface area (Å²) >= 11 is 5.90. The Hall–Kier alpha value is -1.84. The van der Waals surface area contributed by atoms with E-state index >= 15 is 0 Å². The van der Waals surface area contributed by atoms with Crippen molar-refractivity contribution in [1.29, 1.82) is 0 Å². The van der Waals surface area contributed by atoms with Gasteiger partial charge in [-0.2, -0.15) is 0 Å². The largest absolute Gasteiger partial charge is 0.348 e. The molecular weight excluding hydrogens is 308 g/mol. The van der Waals surface area contributed by atoms with Gasteiger partial charge in [0.15, 0.2) is 0 Å². The van der Waals surface area contributed by atoms with E-state index in [1.54, 1.807) is 24.3 Å². The predicted molar refractivity (Wildman–Crippen MR) is 95.7 cm³/mol. The first-order valence-electron chi connectivity index (χ1n) is 7.96. The highest BCUT2D eigenvalue weighted by Gasteiger charge is 2.06. The molecule has 122 valence electrons. The summed E-state index contributed by atoms with van der Waals surface area (Å²) < 4.78 is 0. The minimum atomic E-state index is -0.111. The predicted octanol–water partition coefficient (Wildman–Crippen LogP) is 4.11. The van der Waals surface area contributed by atoms with Crippen LogP contribution in [0.3, 0.4) is 0 Å². The molecule has 0 spiro atoms. The topological polar surface area (TPSA) is 32.3 Å². The maximum atomic E-state index is 12.1. The fraction of sp³-hybridized carbons (Fsp3) is 0.316. The van der Waals surface area contributed by atoms with E-state index in [0.717, 1.165) is 25.2 Å². The van der Waals surface area contributed by atoms with Gasteiger partial charge in [-0.15, -0.1) is 0 Å². The van der Waals surface area contributed by atoms with Crippen LogP contribution in [0.25, 0.3) is 0 Å². The van der Waals surface area contributed by atoms with E-state index < -0.39 is 0 Å². The summed E-state index contributed by atoms with van der Waals surface area (Å²) in [5.74, 6) is -0.111. The van der Waals surface area contributed by atoms with Crippen LogP contribution >= 0.6 is 11.6 Å². The highest BCUT2D eigenvalue weighted by molar-refractivity contribution is 6.30. The van der Waals surface area contributed by atoms with Gasteiger partial charge < -0.3 is 5.32 Å². The molecule has 3 nitrogen and oxygen atoms in total. The van der Waals surface area contributed by atoms with Crippen molar-refractivity contribution < 1.29 is 4.79 Å². The molecule has 1 amide bonds. The monoisotopic (exact) mass is 330 g/mol. The summed E-state index contributed by atoms with van der Waals surface area (Å²) in [6.07, 6.45) is 0. The maximum absolute atomic E-state index is 12.1. The Balaban J connectivity index is 1.90. The van der Waals surface area contributed by atoms with Crippen LogP contribution in [0.4, 0.5) is 0 Å². The lowest BCUT2D eigenvalue weighted by Crippen LogP contribution is -2.23.